The van der Waals surface area contributed by atoms with Gasteiger partial charge in [-0.3, -0.25) is 4.57 Å². The number of imidazole rings is 1. The highest BCUT2D eigenvalue weighted by molar-refractivity contribution is 6.31. The Morgan fingerprint density at radius 1 is 0.875 bits per heavy atom. The minimum Gasteiger partial charge on any atom is -0.443 e. The molecule has 10 nitrogen and oxygen atoms in total. The summed E-state index contributed by atoms with van der Waals surface area (Å²) in [6.45, 7) is 13.0. The Labute approximate surface area is 285 Å². The number of nitrogen functional groups attached to an aromatic ring is 1. The number of para-hydroxylation sites is 2. The molecule has 0 radical (unpaired) electrons. The van der Waals surface area contributed by atoms with Crippen molar-refractivity contribution in [3.63, 3.8) is 0 Å². The summed E-state index contributed by atoms with van der Waals surface area (Å²) in [6, 6.07) is 21.5. The van der Waals surface area contributed by atoms with E-state index in [-0.39, 0.29) is 6.04 Å². The van der Waals surface area contributed by atoms with Gasteiger partial charge in [-0.2, -0.15) is 0 Å². The number of carbonyl (C=O) groups excluding carboxylic acids is 2. The van der Waals surface area contributed by atoms with Gasteiger partial charge in [-0.1, -0.05) is 35.9 Å². The van der Waals surface area contributed by atoms with Crippen LogP contribution < -0.4 is 16.3 Å². The molecule has 11 heteroatoms. The van der Waals surface area contributed by atoms with Crippen LogP contribution in [-0.2, 0) is 16.0 Å². The highest BCUT2D eigenvalue weighted by Gasteiger charge is 2.27. The van der Waals surface area contributed by atoms with E-state index in [0.717, 1.165) is 59.1 Å². The number of nitrogens with two attached hydrogens (primary N) is 1. The first-order valence-electron chi connectivity index (χ1n) is 16.3. The molecule has 6 rings (SSSR count). The Kier molecular flexibility index (Phi) is 8.80. The van der Waals surface area contributed by atoms with Crippen LogP contribution in [0.1, 0.15) is 66.0 Å². The third-order valence-corrected chi connectivity index (χ3v) is 8.61. The van der Waals surface area contributed by atoms with Crippen LogP contribution in [0, 0.1) is 0 Å². The van der Waals surface area contributed by atoms with Crippen LogP contribution in [0.4, 0.5) is 21.0 Å². The van der Waals surface area contributed by atoms with Crippen molar-refractivity contribution < 1.29 is 19.1 Å². The monoisotopic (exact) mass is 670 g/mol. The summed E-state index contributed by atoms with van der Waals surface area (Å²) in [4.78, 5) is 33.3. The topological polar surface area (TPSA) is 109 Å². The van der Waals surface area contributed by atoms with Gasteiger partial charge in [0.15, 0.2) is 0 Å². The molecule has 0 atom stereocenters. The number of carbonyl (C=O) groups is 2. The Morgan fingerprint density at radius 3 is 2.23 bits per heavy atom. The van der Waals surface area contributed by atoms with Gasteiger partial charge in [0.25, 0.3) is 0 Å². The third kappa shape index (κ3) is 6.94. The van der Waals surface area contributed by atoms with Gasteiger partial charge in [0.1, 0.15) is 11.2 Å². The second-order valence-electron chi connectivity index (χ2n) is 14.3. The zero-order valence-corrected chi connectivity index (χ0v) is 29.1. The largest absolute Gasteiger partial charge is 0.443 e. The van der Waals surface area contributed by atoms with E-state index in [1.54, 1.807) is 12.3 Å². The number of fused-ring (bicyclic) bond motifs is 2. The molecule has 3 aromatic carbocycles. The maximum atomic E-state index is 13.4. The van der Waals surface area contributed by atoms with E-state index >= 15 is 0 Å². The molecule has 1 fully saturated rings. The molecular formula is C37H43ClN6O4. The first kappa shape index (κ1) is 33.2. The van der Waals surface area contributed by atoms with Gasteiger partial charge in [-0.25, -0.2) is 9.59 Å². The Balaban J connectivity index is 1.44. The van der Waals surface area contributed by atoms with E-state index in [2.05, 4.69) is 25.1 Å². The summed E-state index contributed by atoms with van der Waals surface area (Å²) in [5.74, 6) is 0. The molecule has 252 valence electrons. The van der Waals surface area contributed by atoms with Crippen LogP contribution >= 0.6 is 11.6 Å². The summed E-state index contributed by atoms with van der Waals surface area (Å²) >= 11 is 6.32. The zero-order valence-electron chi connectivity index (χ0n) is 28.4. The molecule has 3 heterocycles. The number of benzene rings is 3. The van der Waals surface area contributed by atoms with Crippen molar-refractivity contribution in [2.75, 3.05) is 23.7 Å². The molecule has 5 aromatic rings. The lowest BCUT2D eigenvalue weighted by molar-refractivity contribution is 0.0542. The van der Waals surface area contributed by atoms with E-state index in [4.69, 9.17) is 26.8 Å². The molecule has 1 aliphatic heterocycles. The van der Waals surface area contributed by atoms with Crippen LogP contribution in [0.25, 0.3) is 21.9 Å². The predicted molar refractivity (Wildman–Crippen MR) is 191 cm³/mol. The molecule has 1 aliphatic rings. The van der Waals surface area contributed by atoms with E-state index in [1.807, 2.05) is 96.1 Å². The number of piperidine rings is 1. The van der Waals surface area contributed by atoms with Crippen molar-refractivity contribution in [2.24, 2.45) is 4.99 Å². The number of rotatable bonds is 4. The van der Waals surface area contributed by atoms with Gasteiger partial charge < -0.3 is 29.2 Å². The smallest absolute Gasteiger partial charge is 0.437 e. The summed E-state index contributed by atoms with van der Waals surface area (Å²) in [7, 11) is 0. The van der Waals surface area contributed by atoms with Gasteiger partial charge >= 0.3 is 12.2 Å². The highest BCUT2D eigenvalue weighted by atomic mass is 35.5. The van der Waals surface area contributed by atoms with Gasteiger partial charge in [0.2, 0.25) is 5.62 Å². The average molecular weight is 671 g/mol. The third-order valence-electron chi connectivity index (χ3n) is 8.38. The van der Waals surface area contributed by atoms with E-state index < -0.39 is 23.4 Å². The SMILES string of the molecule is CC(C)(C)OC(=O)/N=c1\n(Cc2cccc3c2ccn3C(=O)OC(C)(C)C)c2ccccc2n1C1CCN(c2cc(Cl)ccc2N)CC1. The van der Waals surface area contributed by atoms with Crippen molar-refractivity contribution in [3.05, 3.63) is 89.1 Å². The molecule has 1 saturated heterocycles. The molecule has 2 aromatic heterocycles. The molecule has 0 saturated carbocycles. The van der Waals surface area contributed by atoms with Crippen molar-refractivity contribution in [1.82, 2.24) is 13.7 Å². The molecule has 0 bridgehead atoms. The van der Waals surface area contributed by atoms with Crippen LogP contribution in [0.15, 0.2) is 77.9 Å². The van der Waals surface area contributed by atoms with Crippen LogP contribution in [0.2, 0.25) is 5.02 Å². The minimum atomic E-state index is -0.708. The Hall–Kier alpha value is -4.70. The number of halogens is 1. The summed E-state index contributed by atoms with van der Waals surface area (Å²) < 4.78 is 17.1. The van der Waals surface area contributed by atoms with Gasteiger partial charge in [-0.05, 0) is 102 Å². The number of nitrogens with zero attached hydrogens (tertiary/aromatic N) is 5. The lowest BCUT2D eigenvalue weighted by Crippen LogP contribution is -2.39. The molecule has 0 aliphatic carbocycles. The van der Waals surface area contributed by atoms with Crippen LogP contribution in [0.5, 0.6) is 0 Å². The number of amides is 1. The number of hydrogen-bond acceptors (Lipinski definition) is 6. The maximum Gasteiger partial charge on any atom is 0.437 e. The van der Waals surface area contributed by atoms with E-state index in [9.17, 15) is 9.59 Å². The fourth-order valence-corrected chi connectivity index (χ4v) is 6.57. The quantitative estimate of drug-likeness (QED) is 0.193. The Morgan fingerprint density at radius 2 is 1.54 bits per heavy atom. The van der Waals surface area contributed by atoms with Gasteiger partial charge in [0, 0.05) is 35.7 Å². The first-order chi connectivity index (χ1) is 22.7. The van der Waals surface area contributed by atoms with Crippen molar-refractivity contribution in [3.8, 4) is 0 Å². The van der Waals surface area contributed by atoms with E-state index in [0.29, 0.717) is 22.9 Å². The number of hydrogen-bond donors (Lipinski definition) is 1. The average Bonchev–Trinajstić information content (AvgIpc) is 3.57. The lowest BCUT2D eigenvalue weighted by Gasteiger charge is -2.35. The van der Waals surface area contributed by atoms with Crippen LogP contribution in [-0.4, -0.2) is 50.2 Å². The molecule has 0 unspecified atom stereocenters. The first-order valence-corrected chi connectivity index (χ1v) is 16.7. The second kappa shape index (κ2) is 12.7. The molecule has 2 N–H and O–H groups in total. The predicted octanol–water partition coefficient (Wildman–Crippen LogP) is 8.14. The van der Waals surface area contributed by atoms with Gasteiger partial charge in [0.05, 0.1) is 34.5 Å². The van der Waals surface area contributed by atoms with Gasteiger partial charge in [-0.15, -0.1) is 4.99 Å². The van der Waals surface area contributed by atoms with E-state index in [1.165, 1.54) is 4.57 Å². The van der Waals surface area contributed by atoms with Crippen molar-refractivity contribution in [2.45, 2.75) is 78.2 Å². The van der Waals surface area contributed by atoms with Crippen molar-refractivity contribution >= 4 is 57.1 Å². The number of ether oxygens (including phenoxy) is 2. The second-order valence-corrected chi connectivity index (χ2v) is 14.7. The Bertz CT molecular complexity index is 2070. The zero-order chi connectivity index (χ0) is 34.4. The normalized spacial score (nSPS) is 15.0. The molecule has 48 heavy (non-hydrogen) atoms. The summed E-state index contributed by atoms with van der Waals surface area (Å²) in [5, 5.41) is 1.55. The molecule has 0 spiro atoms. The number of aromatic nitrogens is 3. The minimum absolute atomic E-state index is 0.0537. The maximum absolute atomic E-state index is 13.4. The summed E-state index contributed by atoms with van der Waals surface area (Å²) in [5.41, 5.74) is 10.7. The van der Waals surface area contributed by atoms with Crippen molar-refractivity contribution in [1.29, 1.82) is 0 Å². The highest BCUT2D eigenvalue weighted by Crippen LogP contribution is 2.33. The van der Waals surface area contributed by atoms with Crippen LogP contribution in [0.3, 0.4) is 0 Å². The standard InChI is InChI=1S/C37H43ClN6O4/c1-36(2,3)47-34(45)40-33-43(23-24-10-9-13-29-27(24)18-21-42(29)35(46)48-37(4,5)6)30-11-7-8-12-31(30)44(33)26-16-19-41(20-17-26)32-22-25(38)14-15-28(32)39/h7-15,18,21-22,26H,16-17,19-20,23,39H2,1-6H3/b40-33+. The number of anilines is 2. The fourth-order valence-electron chi connectivity index (χ4n) is 6.40. The molecular weight excluding hydrogens is 628 g/mol. The fraction of sp³-hybridized carbons (Fsp3) is 0.378. The summed E-state index contributed by atoms with van der Waals surface area (Å²) in [6.07, 6.45) is 2.25. The molecule has 1 amide bonds. The lowest BCUT2D eigenvalue weighted by atomic mass is 10.0.